The summed E-state index contributed by atoms with van der Waals surface area (Å²) in [4.78, 5) is 22.6. The first-order chi connectivity index (χ1) is 7.38. The standard InChI is InChI=1S/C10H17N3O2S/c1-6-4-10(5-6,8(12)16)9(15)13-3-2-7(11)14/h6H,2-5H2,1H3,(H2,11,14)(H2,12,16)(H,13,15). The van der Waals surface area contributed by atoms with Crippen molar-refractivity contribution in [3.63, 3.8) is 0 Å². The number of carbonyl (C=O) groups excluding carboxylic acids is 2. The molecule has 0 unspecified atom stereocenters. The van der Waals surface area contributed by atoms with Gasteiger partial charge in [0.15, 0.2) is 0 Å². The Morgan fingerprint density at radius 2 is 2.00 bits per heavy atom. The minimum atomic E-state index is -0.702. The highest BCUT2D eigenvalue weighted by Gasteiger charge is 2.50. The number of primary amides is 1. The van der Waals surface area contributed by atoms with E-state index >= 15 is 0 Å². The molecule has 0 aliphatic heterocycles. The molecular weight excluding hydrogens is 226 g/mol. The molecule has 5 N–H and O–H groups in total. The first-order valence-electron chi connectivity index (χ1n) is 5.25. The molecule has 6 heteroatoms. The first kappa shape index (κ1) is 12.9. The summed E-state index contributed by atoms with van der Waals surface area (Å²) in [6.45, 7) is 2.29. The summed E-state index contributed by atoms with van der Waals surface area (Å²) in [5.41, 5.74) is 9.88. The van der Waals surface area contributed by atoms with E-state index in [4.69, 9.17) is 23.7 Å². The summed E-state index contributed by atoms with van der Waals surface area (Å²) >= 11 is 4.94. The van der Waals surface area contributed by atoms with Gasteiger partial charge in [-0.25, -0.2) is 0 Å². The molecule has 1 fully saturated rings. The zero-order valence-electron chi connectivity index (χ0n) is 9.29. The van der Waals surface area contributed by atoms with Crippen LogP contribution >= 0.6 is 12.2 Å². The Balaban J connectivity index is 2.51. The molecule has 0 aromatic rings. The van der Waals surface area contributed by atoms with Crippen LogP contribution in [0.1, 0.15) is 26.2 Å². The van der Waals surface area contributed by atoms with Crippen molar-refractivity contribution in [2.75, 3.05) is 6.54 Å². The van der Waals surface area contributed by atoms with E-state index < -0.39 is 11.3 Å². The van der Waals surface area contributed by atoms with Crippen LogP contribution in [0.4, 0.5) is 0 Å². The fraction of sp³-hybridized carbons (Fsp3) is 0.700. The zero-order valence-corrected chi connectivity index (χ0v) is 10.1. The molecule has 0 atom stereocenters. The summed E-state index contributed by atoms with van der Waals surface area (Å²) < 4.78 is 0. The largest absolute Gasteiger partial charge is 0.392 e. The van der Waals surface area contributed by atoms with E-state index in [0.29, 0.717) is 18.8 Å². The van der Waals surface area contributed by atoms with Crippen LogP contribution in [0.2, 0.25) is 0 Å². The Kier molecular flexibility index (Phi) is 3.85. The van der Waals surface area contributed by atoms with Gasteiger partial charge in [-0.15, -0.1) is 0 Å². The maximum absolute atomic E-state index is 11.9. The normalized spacial score (nSPS) is 27.9. The predicted molar refractivity (Wildman–Crippen MR) is 64.4 cm³/mol. The van der Waals surface area contributed by atoms with Crippen LogP contribution in [0.3, 0.4) is 0 Å². The van der Waals surface area contributed by atoms with Crippen molar-refractivity contribution in [2.24, 2.45) is 22.8 Å². The average Bonchev–Trinajstić information content (AvgIpc) is 2.11. The van der Waals surface area contributed by atoms with Gasteiger partial charge in [0.2, 0.25) is 11.8 Å². The first-order valence-corrected chi connectivity index (χ1v) is 5.66. The van der Waals surface area contributed by atoms with Crippen LogP contribution in [0.25, 0.3) is 0 Å². The number of hydrogen-bond donors (Lipinski definition) is 3. The van der Waals surface area contributed by atoms with Crippen LogP contribution < -0.4 is 16.8 Å². The zero-order chi connectivity index (χ0) is 12.3. The summed E-state index contributed by atoms with van der Waals surface area (Å²) in [6.07, 6.45) is 1.50. The molecule has 0 radical (unpaired) electrons. The van der Waals surface area contributed by atoms with Gasteiger partial charge in [-0.1, -0.05) is 19.1 Å². The number of amides is 2. The van der Waals surface area contributed by atoms with Gasteiger partial charge in [-0.05, 0) is 18.8 Å². The van der Waals surface area contributed by atoms with E-state index in [1.807, 2.05) is 6.92 Å². The number of rotatable bonds is 5. The molecule has 1 aliphatic carbocycles. The van der Waals surface area contributed by atoms with E-state index in [-0.39, 0.29) is 23.9 Å². The number of carbonyl (C=O) groups is 2. The number of thiocarbonyl (C=S) groups is 1. The number of nitrogens with two attached hydrogens (primary N) is 2. The highest BCUT2D eigenvalue weighted by Crippen LogP contribution is 2.45. The lowest BCUT2D eigenvalue weighted by atomic mass is 9.62. The van der Waals surface area contributed by atoms with Crippen LogP contribution in [0.5, 0.6) is 0 Å². The van der Waals surface area contributed by atoms with Gasteiger partial charge in [-0.2, -0.15) is 0 Å². The lowest BCUT2D eigenvalue weighted by Crippen LogP contribution is -2.56. The van der Waals surface area contributed by atoms with E-state index in [0.717, 1.165) is 0 Å². The average molecular weight is 243 g/mol. The smallest absolute Gasteiger partial charge is 0.233 e. The summed E-state index contributed by atoms with van der Waals surface area (Å²) in [5, 5.41) is 2.65. The van der Waals surface area contributed by atoms with E-state index in [9.17, 15) is 9.59 Å². The van der Waals surface area contributed by atoms with Gasteiger partial charge >= 0.3 is 0 Å². The Morgan fingerprint density at radius 3 is 2.38 bits per heavy atom. The molecule has 0 aromatic heterocycles. The summed E-state index contributed by atoms with van der Waals surface area (Å²) in [6, 6.07) is 0. The molecule has 2 amide bonds. The minimum Gasteiger partial charge on any atom is -0.392 e. The maximum atomic E-state index is 11.9. The second-order valence-corrected chi connectivity index (χ2v) is 4.87. The molecule has 0 heterocycles. The second kappa shape index (κ2) is 4.78. The molecule has 1 aliphatic rings. The van der Waals surface area contributed by atoms with Gasteiger partial charge in [0.25, 0.3) is 0 Å². The molecule has 90 valence electrons. The Bertz CT molecular complexity index is 324. The molecule has 1 rings (SSSR count). The molecular formula is C10H17N3O2S. The fourth-order valence-electron chi connectivity index (χ4n) is 2.10. The van der Waals surface area contributed by atoms with Gasteiger partial charge in [0, 0.05) is 13.0 Å². The third-order valence-corrected chi connectivity index (χ3v) is 3.35. The van der Waals surface area contributed by atoms with Crippen molar-refractivity contribution in [3.05, 3.63) is 0 Å². The summed E-state index contributed by atoms with van der Waals surface area (Å²) in [7, 11) is 0. The monoisotopic (exact) mass is 243 g/mol. The second-order valence-electron chi connectivity index (χ2n) is 4.43. The summed E-state index contributed by atoms with van der Waals surface area (Å²) in [5.74, 6) is -0.158. The van der Waals surface area contributed by atoms with E-state index in [1.54, 1.807) is 0 Å². The third-order valence-electron chi connectivity index (χ3n) is 2.96. The molecule has 1 saturated carbocycles. The van der Waals surface area contributed by atoms with Crippen LogP contribution in [-0.2, 0) is 9.59 Å². The number of hydrogen-bond acceptors (Lipinski definition) is 3. The highest BCUT2D eigenvalue weighted by molar-refractivity contribution is 7.80. The van der Waals surface area contributed by atoms with Gasteiger partial charge < -0.3 is 16.8 Å². The predicted octanol–water partition coefficient (Wildman–Crippen LogP) is -0.320. The lowest BCUT2D eigenvalue weighted by molar-refractivity contribution is -0.132. The van der Waals surface area contributed by atoms with E-state index in [1.165, 1.54) is 0 Å². The molecule has 16 heavy (non-hydrogen) atoms. The minimum absolute atomic E-state index is 0.134. The van der Waals surface area contributed by atoms with Crippen molar-refractivity contribution in [3.8, 4) is 0 Å². The van der Waals surface area contributed by atoms with Crippen molar-refractivity contribution in [1.82, 2.24) is 5.32 Å². The Morgan fingerprint density at radius 1 is 1.44 bits per heavy atom. The molecule has 0 spiro atoms. The van der Waals surface area contributed by atoms with Crippen LogP contribution in [0, 0.1) is 11.3 Å². The van der Waals surface area contributed by atoms with Gasteiger partial charge in [0.05, 0.1) is 10.4 Å². The van der Waals surface area contributed by atoms with Crippen LogP contribution in [0.15, 0.2) is 0 Å². The van der Waals surface area contributed by atoms with Crippen molar-refractivity contribution >= 4 is 29.0 Å². The van der Waals surface area contributed by atoms with E-state index in [2.05, 4.69) is 5.32 Å². The molecule has 0 saturated heterocycles. The highest BCUT2D eigenvalue weighted by atomic mass is 32.1. The molecule has 0 bridgehead atoms. The van der Waals surface area contributed by atoms with Crippen molar-refractivity contribution in [2.45, 2.75) is 26.2 Å². The third kappa shape index (κ3) is 2.49. The molecule has 5 nitrogen and oxygen atoms in total. The topological polar surface area (TPSA) is 98.2 Å². The quantitative estimate of drug-likeness (QED) is 0.576. The van der Waals surface area contributed by atoms with Crippen molar-refractivity contribution < 1.29 is 9.59 Å². The Hall–Kier alpha value is -1.17. The maximum Gasteiger partial charge on any atom is 0.233 e. The molecule has 0 aromatic carbocycles. The van der Waals surface area contributed by atoms with Crippen molar-refractivity contribution in [1.29, 1.82) is 0 Å². The SMILES string of the molecule is CC1CC(C(=O)NCCC(N)=O)(C(N)=S)C1. The van der Waals surface area contributed by atoms with Crippen LogP contribution in [-0.4, -0.2) is 23.3 Å². The van der Waals surface area contributed by atoms with Gasteiger partial charge in [-0.3, -0.25) is 9.59 Å². The fourth-order valence-corrected chi connectivity index (χ4v) is 2.36. The lowest BCUT2D eigenvalue weighted by Gasteiger charge is -2.44. The Labute approximate surface area is 99.9 Å². The van der Waals surface area contributed by atoms with Gasteiger partial charge in [0.1, 0.15) is 0 Å². The number of nitrogens with one attached hydrogen (secondary N) is 1.